The van der Waals surface area contributed by atoms with Gasteiger partial charge in [-0.05, 0) is 18.9 Å². The van der Waals surface area contributed by atoms with E-state index in [2.05, 4.69) is 11.7 Å². The van der Waals surface area contributed by atoms with E-state index < -0.39 is 5.97 Å². The maximum atomic E-state index is 11.2. The number of aryl methyl sites for hydroxylation is 2. The van der Waals surface area contributed by atoms with Crippen molar-refractivity contribution in [2.75, 3.05) is 20.3 Å². The van der Waals surface area contributed by atoms with Gasteiger partial charge >= 0.3 is 5.97 Å². The molecule has 0 bridgehead atoms. The fourth-order valence-electron chi connectivity index (χ4n) is 2.47. The average molecular weight is 533 g/mol. The number of benzene rings is 1. The number of hydrogen-bond donors (Lipinski definition) is 1. The number of ether oxygens (including phenoxy) is 2. The van der Waals surface area contributed by atoms with E-state index >= 15 is 0 Å². The molecule has 0 saturated carbocycles. The second kappa shape index (κ2) is 10.3. The maximum absolute atomic E-state index is 11.2. The third-order valence-corrected chi connectivity index (χ3v) is 3.50. The standard InChI is InChI=1S/C17H22O5.Ac/c1-3-6-12-13-7-4-8-15(21-11-16(19)20-2)17(13)22-14(12)9-5-10-18;/h4,7-8,18H,3,5-6,9-11H2,1-2H3;. The van der Waals surface area contributed by atoms with Crippen LogP contribution in [-0.4, -0.2) is 31.4 Å². The predicted molar refractivity (Wildman–Crippen MR) is 83.1 cm³/mol. The van der Waals surface area contributed by atoms with Gasteiger partial charge in [-0.15, -0.1) is 0 Å². The van der Waals surface area contributed by atoms with Crippen LogP contribution in [0.15, 0.2) is 22.6 Å². The minimum atomic E-state index is -0.433. The maximum Gasteiger partial charge on any atom is 0.343 e. The Labute approximate surface area is 171 Å². The van der Waals surface area contributed by atoms with Gasteiger partial charge in [-0.2, -0.15) is 0 Å². The Morgan fingerprint density at radius 2 is 2.09 bits per heavy atom. The molecule has 1 heterocycles. The van der Waals surface area contributed by atoms with Gasteiger partial charge in [0, 0.05) is 68.0 Å². The molecule has 123 valence electrons. The van der Waals surface area contributed by atoms with Crippen LogP contribution in [0.5, 0.6) is 5.75 Å². The van der Waals surface area contributed by atoms with Crippen LogP contribution < -0.4 is 4.74 Å². The van der Waals surface area contributed by atoms with Gasteiger partial charge in [0.05, 0.1) is 7.11 Å². The summed E-state index contributed by atoms with van der Waals surface area (Å²) in [7, 11) is 1.32. The molecule has 1 aromatic heterocycles. The Bertz CT molecular complexity index is 635. The topological polar surface area (TPSA) is 68.9 Å². The van der Waals surface area contributed by atoms with E-state index in [0.29, 0.717) is 24.2 Å². The second-order valence-corrected chi connectivity index (χ2v) is 5.08. The molecule has 6 heteroatoms. The molecule has 0 amide bonds. The largest absolute Gasteiger partial charge is 0.478 e. The summed E-state index contributed by atoms with van der Waals surface area (Å²) >= 11 is 0. The van der Waals surface area contributed by atoms with E-state index in [1.165, 1.54) is 7.11 Å². The van der Waals surface area contributed by atoms with Crippen molar-refractivity contribution in [3.05, 3.63) is 29.5 Å². The first-order valence-corrected chi connectivity index (χ1v) is 7.55. The number of methoxy groups -OCH3 is 1. The number of esters is 1. The van der Waals surface area contributed by atoms with Crippen molar-refractivity contribution in [1.29, 1.82) is 0 Å². The van der Waals surface area contributed by atoms with Gasteiger partial charge in [-0.3, -0.25) is 0 Å². The first kappa shape index (κ1) is 20.5. The van der Waals surface area contributed by atoms with E-state index in [1.54, 1.807) is 6.07 Å². The van der Waals surface area contributed by atoms with Gasteiger partial charge in [0.2, 0.25) is 0 Å². The minimum absolute atomic E-state index is 0. The van der Waals surface area contributed by atoms with Crippen molar-refractivity contribution in [2.45, 2.75) is 32.6 Å². The van der Waals surface area contributed by atoms with Crippen molar-refractivity contribution in [1.82, 2.24) is 0 Å². The van der Waals surface area contributed by atoms with Gasteiger partial charge in [0.25, 0.3) is 0 Å². The molecule has 0 aliphatic rings. The van der Waals surface area contributed by atoms with Gasteiger partial charge < -0.3 is 19.0 Å². The fraction of sp³-hybridized carbons (Fsp3) is 0.471. The Morgan fingerprint density at radius 1 is 1.30 bits per heavy atom. The Morgan fingerprint density at radius 3 is 2.74 bits per heavy atom. The molecule has 0 unspecified atom stereocenters. The number of fused-ring (bicyclic) bond motifs is 1. The number of carbonyl (C=O) groups is 1. The zero-order chi connectivity index (χ0) is 15.9. The van der Waals surface area contributed by atoms with Crippen LogP contribution in [0.1, 0.15) is 31.1 Å². The summed E-state index contributed by atoms with van der Waals surface area (Å²) in [6, 6.07) is 5.66. The summed E-state index contributed by atoms with van der Waals surface area (Å²) in [5.41, 5.74) is 1.82. The molecule has 2 aromatic rings. The smallest absolute Gasteiger partial charge is 0.343 e. The van der Waals surface area contributed by atoms with Crippen LogP contribution in [0, 0.1) is 44.1 Å². The zero-order valence-electron chi connectivity index (χ0n) is 13.6. The van der Waals surface area contributed by atoms with Crippen molar-refractivity contribution < 1.29 is 67.9 Å². The molecule has 0 saturated heterocycles. The Balaban J connectivity index is 0.00000264. The van der Waals surface area contributed by atoms with Crippen LogP contribution in [0.4, 0.5) is 0 Å². The average Bonchev–Trinajstić information content (AvgIpc) is 2.89. The molecule has 1 N–H and O–H groups in total. The number of rotatable bonds is 8. The molecule has 0 aliphatic heterocycles. The first-order valence-electron chi connectivity index (χ1n) is 7.55. The summed E-state index contributed by atoms with van der Waals surface area (Å²) in [6.07, 6.45) is 3.27. The summed E-state index contributed by atoms with van der Waals surface area (Å²) in [4.78, 5) is 11.2. The summed E-state index contributed by atoms with van der Waals surface area (Å²) < 4.78 is 16.1. The number of aliphatic hydroxyl groups excluding tert-OH is 1. The Hall–Kier alpha value is -0.568. The summed E-state index contributed by atoms with van der Waals surface area (Å²) in [5, 5.41) is 10.0. The summed E-state index contributed by atoms with van der Waals surface area (Å²) in [6.45, 7) is 2.10. The fourth-order valence-corrected chi connectivity index (χ4v) is 2.47. The molecule has 1 radical (unpaired) electrons. The third kappa shape index (κ3) is 5.20. The quantitative estimate of drug-likeness (QED) is 0.529. The molecule has 0 atom stereocenters. The number of furan rings is 1. The molecule has 2 rings (SSSR count). The number of carbonyl (C=O) groups excluding carboxylic acids is 1. The molecule has 1 aromatic carbocycles. The minimum Gasteiger partial charge on any atom is -0.478 e. The van der Waals surface area contributed by atoms with Crippen LogP contribution in [0.3, 0.4) is 0 Å². The molecule has 0 spiro atoms. The van der Waals surface area contributed by atoms with Gasteiger partial charge in [-0.1, -0.05) is 25.5 Å². The van der Waals surface area contributed by atoms with Gasteiger partial charge in [0.15, 0.2) is 17.9 Å². The van der Waals surface area contributed by atoms with Crippen molar-refractivity contribution in [2.24, 2.45) is 0 Å². The van der Waals surface area contributed by atoms with Crippen LogP contribution in [-0.2, 0) is 22.4 Å². The predicted octanol–water partition coefficient (Wildman–Crippen LogP) is 2.86. The molecular weight excluding hydrogens is 511 g/mol. The van der Waals surface area contributed by atoms with Crippen LogP contribution in [0.25, 0.3) is 11.0 Å². The first-order chi connectivity index (χ1) is 10.7. The van der Waals surface area contributed by atoms with Crippen LogP contribution in [0.2, 0.25) is 0 Å². The number of hydrogen-bond acceptors (Lipinski definition) is 5. The second-order valence-electron chi connectivity index (χ2n) is 5.08. The third-order valence-electron chi connectivity index (χ3n) is 3.50. The molecule has 0 aliphatic carbocycles. The zero-order valence-corrected chi connectivity index (χ0v) is 18.4. The van der Waals surface area contributed by atoms with E-state index in [4.69, 9.17) is 14.3 Å². The molecule has 23 heavy (non-hydrogen) atoms. The molecule has 0 fully saturated rings. The van der Waals surface area contributed by atoms with E-state index in [-0.39, 0.29) is 57.3 Å². The Kier molecular flexibility index (Phi) is 9.19. The van der Waals surface area contributed by atoms with Gasteiger partial charge in [-0.25, -0.2) is 4.79 Å². The summed E-state index contributed by atoms with van der Waals surface area (Å²) in [5.74, 6) is 0.994. The van der Waals surface area contributed by atoms with E-state index in [1.807, 2.05) is 12.1 Å². The monoisotopic (exact) mass is 533 g/mol. The van der Waals surface area contributed by atoms with Crippen LogP contribution >= 0.6 is 0 Å². The van der Waals surface area contributed by atoms with E-state index in [9.17, 15) is 4.79 Å². The van der Waals surface area contributed by atoms with Crippen molar-refractivity contribution in [3.8, 4) is 5.75 Å². The normalized spacial score (nSPS) is 10.4. The molecular formula is C17H22AcO5. The van der Waals surface area contributed by atoms with E-state index in [0.717, 1.165) is 29.6 Å². The molecule has 5 nitrogen and oxygen atoms in total. The van der Waals surface area contributed by atoms with Crippen molar-refractivity contribution >= 4 is 16.9 Å². The SMILES string of the molecule is CCCc1c(CCCO)oc2c(OCC(=O)OC)cccc12.[Ac]. The number of para-hydroxylation sites is 1. The number of aliphatic hydroxyl groups is 1. The van der Waals surface area contributed by atoms with Gasteiger partial charge in [0.1, 0.15) is 5.76 Å². The van der Waals surface area contributed by atoms with Crippen molar-refractivity contribution in [3.63, 3.8) is 0 Å².